The van der Waals surface area contributed by atoms with E-state index in [0.29, 0.717) is 12.8 Å². The Bertz CT molecular complexity index is 138. The molecule has 0 bridgehead atoms. The zero-order valence-corrected chi connectivity index (χ0v) is 6.81. The molecule has 0 saturated carbocycles. The first-order valence-corrected chi connectivity index (χ1v) is 3.54. The second-order valence-corrected chi connectivity index (χ2v) is 2.75. The molecule has 0 amide bonds. The molecule has 1 atom stereocenters. The minimum Gasteiger partial charge on any atom is -0.300 e. The summed E-state index contributed by atoms with van der Waals surface area (Å²) in [5, 5.41) is 0. The number of ketones is 2. The van der Waals surface area contributed by atoms with Crippen LogP contribution in [0.2, 0.25) is 0 Å². The van der Waals surface area contributed by atoms with E-state index in [1.807, 2.05) is 6.92 Å². The van der Waals surface area contributed by atoms with Crippen LogP contribution in [0.1, 0.15) is 33.6 Å². The quantitative estimate of drug-likeness (QED) is 0.597. The molecule has 0 heterocycles. The monoisotopic (exact) mass is 142 g/mol. The predicted octanol–water partition coefficient (Wildman–Crippen LogP) is 1.58. The summed E-state index contributed by atoms with van der Waals surface area (Å²) in [5.41, 5.74) is 0. The fourth-order valence-corrected chi connectivity index (χ4v) is 0.623. The van der Waals surface area contributed by atoms with Gasteiger partial charge in [0.15, 0.2) is 0 Å². The van der Waals surface area contributed by atoms with Crippen LogP contribution < -0.4 is 0 Å². The van der Waals surface area contributed by atoms with E-state index in [4.69, 9.17) is 0 Å². The summed E-state index contributed by atoms with van der Waals surface area (Å²) in [6.07, 6.45) is 1.23. The standard InChI is InChI=1S/C8H14O2/c1-6(8(3)10)4-5-7(2)9/h6H,4-5H2,1-3H3. The molecule has 1 unspecified atom stereocenters. The lowest BCUT2D eigenvalue weighted by Gasteiger charge is -2.03. The number of hydrogen-bond donors (Lipinski definition) is 0. The molecule has 0 aliphatic heterocycles. The maximum absolute atomic E-state index is 10.6. The van der Waals surface area contributed by atoms with Crippen LogP contribution in [0.15, 0.2) is 0 Å². The lowest BCUT2D eigenvalue weighted by molar-refractivity contribution is -0.121. The van der Waals surface area contributed by atoms with Gasteiger partial charge < -0.3 is 4.79 Å². The van der Waals surface area contributed by atoms with Crippen molar-refractivity contribution in [2.75, 3.05) is 0 Å². The third-order valence-corrected chi connectivity index (χ3v) is 1.62. The molecule has 0 aliphatic carbocycles. The number of Topliss-reactive ketones (excluding diaryl/α,β-unsaturated/α-hetero) is 2. The van der Waals surface area contributed by atoms with Crippen LogP contribution in [0.4, 0.5) is 0 Å². The van der Waals surface area contributed by atoms with Crippen molar-refractivity contribution in [3.05, 3.63) is 0 Å². The van der Waals surface area contributed by atoms with E-state index >= 15 is 0 Å². The van der Waals surface area contributed by atoms with E-state index in [-0.39, 0.29) is 17.5 Å². The molecule has 10 heavy (non-hydrogen) atoms. The second-order valence-electron chi connectivity index (χ2n) is 2.75. The fourth-order valence-electron chi connectivity index (χ4n) is 0.623. The van der Waals surface area contributed by atoms with Crippen molar-refractivity contribution in [2.24, 2.45) is 5.92 Å². The molecular weight excluding hydrogens is 128 g/mol. The van der Waals surface area contributed by atoms with Crippen molar-refractivity contribution >= 4 is 11.6 Å². The molecule has 0 radical (unpaired) electrons. The van der Waals surface area contributed by atoms with Crippen molar-refractivity contribution in [3.8, 4) is 0 Å². The van der Waals surface area contributed by atoms with Gasteiger partial charge >= 0.3 is 0 Å². The van der Waals surface area contributed by atoms with E-state index < -0.39 is 0 Å². The second kappa shape index (κ2) is 4.20. The highest BCUT2D eigenvalue weighted by Gasteiger charge is 2.07. The van der Waals surface area contributed by atoms with Gasteiger partial charge in [0.05, 0.1) is 0 Å². The fraction of sp³-hybridized carbons (Fsp3) is 0.750. The number of carbonyl (C=O) groups excluding carboxylic acids is 2. The van der Waals surface area contributed by atoms with E-state index in [0.717, 1.165) is 0 Å². The van der Waals surface area contributed by atoms with Gasteiger partial charge in [-0.3, -0.25) is 4.79 Å². The van der Waals surface area contributed by atoms with Crippen LogP contribution in [0.25, 0.3) is 0 Å². The SMILES string of the molecule is CC(=O)CCC(C)C(C)=O. The number of hydrogen-bond acceptors (Lipinski definition) is 2. The Balaban J connectivity index is 3.49. The maximum Gasteiger partial charge on any atom is 0.132 e. The summed E-state index contributed by atoms with van der Waals surface area (Å²) in [4.78, 5) is 21.1. The van der Waals surface area contributed by atoms with E-state index in [1.54, 1.807) is 13.8 Å². The molecule has 0 aromatic rings. The highest BCUT2D eigenvalue weighted by Crippen LogP contribution is 2.06. The van der Waals surface area contributed by atoms with Crippen LogP contribution in [0.3, 0.4) is 0 Å². The van der Waals surface area contributed by atoms with Gasteiger partial charge in [-0.15, -0.1) is 0 Å². The maximum atomic E-state index is 10.6. The zero-order valence-electron chi connectivity index (χ0n) is 6.81. The Labute approximate surface area is 61.6 Å². The molecule has 0 aromatic heterocycles. The summed E-state index contributed by atoms with van der Waals surface area (Å²) >= 11 is 0. The Hall–Kier alpha value is -0.660. The van der Waals surface area contributed by atoms with Gasteiger partial charge in [0.2, 0.25) is 0 Å². The average molecular weight is 142 g/mol. The first kappa shape index (κ1) is 9.34. The molecule has 0 saturated heterocycles. The number of rotatable bonds is 4. The molecular formula is C8H14O2. The van der Waals surface area contributed by atoms with Gasteiger partial charge in [0.1, 0.15) is 11.6 Å². The van der Waals surface area contributed by atoms with Crippen LogP contribution >= 0.6 is 0 Å². The first-order valence-electron chi connectivity index (χ1n) is 3.54. The summed E-state index contributed by atoms with van der Waals surface area (Å²) in [5.74, 6) is 0.373. The van der Waals surface area contributed by atoms with Gasteiger partial charge in [-0.05, 0) is 20.3 Å². The molecule has 0 rings (SSSR count). The summed E-state index contributed by atoms with van der Waals surface area (Å²) in [7, 11) is 0. The molecule has 2 nitrogen and oxygen atoms in total. The predicted molar refractivity (Wildman–Crippen MR) is 39.8 cm³/mol. The van der Waals surface area contributed by atoms with Crippen LogP contribution in [-0.2, 0) is 9.59 Å². The van der Waals surface area contributed by atoms with E-state index in [9.17, 15) is 9.59 Å². The average Bonchev–Trinajstić information content (AvgIpc) is 1.82. The molecule has 0 aromatic carbocycles. The Morgan fingerprint density at radius 1 is 1.30 bits per heavy atom. The normalized spacial score (nSPS) is 12.7. The number of carbonyl (C=O) groups is 2. The van der Waals surface area contributed by atoms with Crippen molar-refractivity contribution in [1.82, 2.24) is 0 Å². The minimum atomic E-state index is 0.0453. The summed E-state index contributed by atoms with van der Waals surface area (Å²) < 4.78 is 0. The Morgan fingerprint density at radius 2 is 1.80 bits per heavy atom. The van der Waals surface area contributed by atoms with Crippen molar-refractivity contribution in [2.45, 2.75) is 33.6 Å². The first-order chi connectivity index (χ1) is 4.54. The van der Waals surface area contributed by atoms with Crippen molar-refractivity contribution in [1.29, 1.82) is 0 Å². The van der Waals surface area contributed by atoms with Gasteiger partial charge in [0.25, 0.3) is 0 Å². The lowest BCUT2D eigenvalue weighted by Crippen LogP contribution is -2.07. The molecule has 0 spiro atoms. The van der Waals surface area contributed by atoms with Crippen molar-refractivity contribution in [3.63, 3.8) is 0 Å². The third kappa shape index (κ3) is 4.24. The van der Waals surface area contributed by atoms with Gasteiger partial charge in [-0.25, -0.2) is 0 Å². The summed E-state index contributed by atoms with van der Waals surface area (Å²) in [6.45, 7) is 4.96. The molecule has 0 N–H and O–H groups in total. The van der Waals surface area contributed by atoms with Gasteiger partial charge in [-0.2, -0.15) is 0 Å². The van der Waals surface area contributed by atoms with Gasteiger partial charge in [-0.1, -0.05) is 6.92 Å². The van der Waals surface area contributed by atoms with Crippen LogP contribution in [0, 0.1) is 5.92 Å². The molecule has 0 fully saturated rings. The zero-order chi connectivity index (χ0) is 8.15. The van der Waals surface area contributed by atoms with E-state index in [1.165, 1.54) is 0 Å². The Morgan fingerprint density at radius 3 is 2.10 bits per heavy atom. The summed E-state index contributed by atoms with van der Waals surface area (Å²) in [6, 6.07) is 0. The van der Waals surface area contributed by atoms with Crippen LogP contribution in [-0.4, -0.2) is 11.6 Å². The van der Waals surface area contributed by atoms with E-state index in [2.05, 4.69) is 0 Å². The van der Waals surface area contributed by atoms with Gasteiger partial charge in [0, 0.05) is 12.3 Å². The third-order valence-electron chi connectivity index (χ3n) is 1.62. The van der Waals surface area contributed by atoms with Crippen molar-refractivity contribution < 1.29 is 9.59 Å². The molecule has 58 valence electrons. The van der Waals surface area contributed by atoms with Crippen LogP contribution in [0.5, 0.6) is 0 Å². The Kier molecular flexibility index (Phi) is 3.93. The smallest absolute Gasteiger partial charge is 0.132 e. The topological polar surface area (TPSA) is 34.1 Å². The molecule has 2 heteroatoms. The lowest BCUT2D eigenvalue weighted by atomic mass is 10.0. The molecule has 0 aliphatic rings. The largest absolute Gasteiger partial charge is 0.300 e. The highest BCUT2D eigenvalue weighted by atomic mass is 16.1. The highest BCUT2D eigenvalue weighted by molar-refractivity contribution is 5.79. The minimum absolute atomic E-state index is 0.0453.